The highest BCUT2D eigenvalue weighted by atomic mass is 79.9. The highest BCUT2D eigenvalue weighted by Crippen LogP contribution is 2.33. The molecule has 1 saturated heterocycles. The molecule has 7 nitrogen and oxygen atoms in total. The number of hydrogen-bond acceptors (Lipinski definition) is 7. The van der Waals surface area contributed by atoms with Gasteiger partial charge < -0.3 is 19.7 Å². The first-order valence-electron chi connectivity index (χ1n) is 10.2. The van der Waals surface area contributed by atoms with E-state index in [0.717, 1.165) is 63.2 Å². The molecular formula is C22H21BrN4O3S. The van der Waals surface area contributed by atoms with E-state index in [1.54, 1.807) is 11.3 Å². The number of anilines is 1. The predicted molar refractivity (Wildman–Crippen MR) is 122 cm³/mol. The smallest absolute Gasteiger partial charge is 0.231 e. The molecule has 0 radical (unpaired) electrons. The first-order valence-corrected chi connectivity index (χ1v) is 11.8. The number of rotatable bonds is 5. The number of benzene rings is 1. The number of halogens is 1. The lowest BCUT2D eigenvalue weighted by Gasteiger charge is -2.31. The van der Waals surface area contributed by atoms with Crippen LogP contribution in [0.4, 0.5) is 5.82 Å². The van der Waals surface area contributed by atoms with Crippen molar-refractivity contribution in [3.63, 3.8) is 0 Å². The van der Waals surface area contributed by atoms with Crippen LogP contribution in [-0.2, 0) is 11.3 Å². The standard InChI is InChI=1S/C22H21BrN4O3S/c23-20-5-4-19(31-20)16-2-6-21(26-25-16)27-9-7-15(8-10-27)22(28)24-12-14-1-3-17-18(11-14)30-13-29-17/h1-6,11,15H,7-10,12-13H2,(H,24,28). The van der Waals surface area contributed by atoms with Crippen LogP contribution < -0.4 is 19.7 Å². The van der Waals surface area contributed by atoms with Crippen molar-refractivity contribution in [1.29, 1.82) is 0 Å². The van der Waals surface area contributed by atoms with Crippen LogP contribution in [0.25, 0.3) is 10.6 Å². The summed E-state index contributed by atoms with van der Waals surface area (Å²) in [6.45, 7) is 2.32. The lowest BCUT2D eigenvalue weighted by Crippen LogP contribution is -2.40. The minimum absolute atomic E-state index is 0.0148. The Labute approximate surface area is 192 Å². The number of amides is 1. The molecule has 1 amide bonds. The van der Waals surface area contributed by atoms with E-state index < -0.39 is 0 Å². The first kappa shape index (κ1) is 20.3. The van der Waals surface area contributed by atoms with Gasteiger partial charge in [0.05, 0.1) is 8.66 Å². The predicted octanol–water partition coefficient (Wildman–Crippen LogP) is 4.23. The summed E-state index contributed by atoms with van der Waals surface area (Å²) in [5.41, 5.74) is 1.88. The summed E-state index contributed by atoms with van der Waals surface area (Å²) in [7, 11) is 0. The van der Waals surface area contributed by atoms with Crippen molar-refractivity contribution in [2.75, 3.05) is 24.8 Å². The topological polar surface area (TPSA) is 76.6 Å². The minimum Gasteiger partial charge on any atom is -0.454 e. The van der Waals surface area contributed by atoms with Crippen LogP contribution in [0.1, 0.15) is 18.4 Å². The lowest BCUT2D eigenvalue weighted by atomic mass is 9.96. The van der Waals surface area contributed by atoms with Gasteiger partial charge >= 0.3 is 0 Å². The summed E-state index contributed by atoms with van der Waals surface area (Å²) < 4.78 is 11.8. The van der Waals surface area contributed by atoms with Gasteiger partial charge in [-0.1, -0.05) is 6.07 Å². The fourth-order valence-corrected chi connectivity index (χ4v) is 5.18. The highest BCUT2D eigenvalue weighted by molar-refractivity contribution is 9.11. The second-order valence-corrected chi connectivity index (χ2v) is 10.0. The normalized spacial score (nSPS) is 15.8. The van der Waals surface area contributed by atoms with Gasteiger partial charge in [-0.05, 0) is 70.7 Å². The monoisotopic (exact) mass is 500 g/mol. The van der Waals surface area contributed by atoms with E-state index >= 15 is 0 Å². The van der Waals surface area contributed by atoms with E-state index in [9.17, 15) is 4.79 Å². The number of piperidine rings is 1. The molecule has 0 saturated carbocycles. The zero-order chi connectivity index (χ0) is 21.2. The average molecular weight is 501 g/mol. The third-order valence-electron chi connectivity index (χ3n) is 5.57. The van der Waals surface area contributed by atoms with Crippen LogP contribution in [0, 0.1) is 5.92 Å². The third kappa shape index (κ3) is 4.52. The summed E-state index contributed by atoms with van der Waals surface area (Å²) in [5.74, 6) is 2.46. The van der Waals surface area contributed by atoms with Crippen LogP contribution in [-0.4, -0.2) is 36.0 Å². The Hall–Kier alpha value is -2.65. The molecule has 1 N–H and O–H groups in total. The lowest BCUT2D eigenvalue weighted by molar-refractivity contribution is -0.125. The molecule has 3 aromatic rings. The second kappa shape index (κ2) is 8.84. The van der Waals surface area contributed by atoms with Crippen molar-refractivity contribution in [3.05, 3.63) is 51.8 Å². The molecule has 0 unspecified atom stereocenters. The molecule has 0 bridgehead atoms. The fraction of sp³-hybridized carbons (Fsp3) is 0.318. The number of nitrogens with zero attached hydrogens (tertiary/aromatic N) is 3. The van der Waals surface area contributed by atoms with E-state index in [2.05, 4.69) is 36.3 Å². The molecular weight excluding hydrogens is 480 g/mol. The van der Waals surface area contributed by atoms with Gasteiger partial charge in [0.2, 0.25) is 12.7 Å². The molecule has 31 heavy (non-hydrogen) atoms. The van der Waals surface area contributed by atoms with Crippen LogP contribution >= 0.6 is 27.3 Å². The fourth-order valence-electron chi connectivity index (χ4n) is 3.83. The van der Waals surface area contributed by atoms with E-state index in [1.807, 2.05) is 42.5 Å². The van der Waals surface area contributed by atoms with Crippen LogP contribution in [0.15, 0.2) is 46.3 Å². The van der Waals surface area contributed by atoms with Gasteiger partial charge in [0, 0.05) is 25.6 Å². The molecule has 2 aromatic heterocycles. The van der Waals surface area contributed by atoms with Gasteiger partial charge in [0.25, 0.3) is 0 Å². The van der Waals surface area contributed by atoms with Crippen molar-refractivity contribution < 1.29 is 14.3 Å². The molecule has 160 valence electrons. The summed E-state index contributed by atoms with van der Waals surface area (Å²) >= 11 is 5.12. The number of ether oxygens (including phenoxy) is 2. The van der Waals surface area contributed by atoms with Crippen molar-refractivity contribution in [1.82, 2.24) is 15.5 Å². The van der Waals surface area contributed by atoms with Gasteiger partial charge in [-0.25, -0.2) is 0 Å². The first-order chi connectivity index (χ1) is 15.2. The van der Waals surface area contributed by atoms with Crippen LogP contribution in [0.2, 0.25) is 0 Å². The number of carbonyl (C=O) groups is 1. The Bertz CT molecular complexity index is 1080. The molecule has 1 fully saturated rings. The minimum atomic E-state index is 0.0148. The SMILES string of the molecule is O=C(NCc1ccc2c(c1)OCO2)C1CCN(c2ccc(-c3ccc(Br)s3)nn2)CC1. The Kier molecular flexibility index (Phi) is 5.78. The second-order valence-electron chi connectivity index (χ2n) is 7.55. The molecule has 2 aliphatic rings. The number of carbonyl (C=O) groups excluding carboxylic acids is 1. The summed E-state index contributed by atoms with van der Waals surface area (Å²) in [6, 6.07) is 13.8. The Morgan fingerprint density at radius 1 is 1.10 bits per heavy atom. The molecule has 0 spiro atoms. The summed E-state index contributed by atoms with van der Waals surface area (Å²) in [5, 5.41) is 11.8. The van der Waals surface area contributed by atoms with E-state index in [1.165, 1.54) is 0 Å². The Morgan fingerprint density at radius 2 is 1.94 bits per heavy atom. The molecule has 1 aromatic carbocycles. The maximum absolute atomic E-state index is 12.6. The largest absolute Gasteiger partial charge is 0.454 e. The number of fused-ring (bicyclic) bond motifs is 1. The average Bonchev–Trinajstić information content (AvgIpc) is 3.46. The quantitative estimate of drug-likeness (QED) is 0.564. The molecule has 4 heterocycles. The number of aromatic nitrogens is 2. The van der Waals surface area contributed by atoms with Gasteiger partial charge in [-0.2, -0.15) is 0 Å². The molecule has 0 atom stereocenters. The molecule has 2 aliphatic heterocycles. The number of nitrogens with one attached hydrogen (secondary N) is 1. The summed E-state index contributed by atoms with van der Waals surface area (Å²) in [4.78, 5) is 15.9. The van der Waals surface area contributed by atoms with Crippen LogP contribution in [0.3, 0.4) is 0 Å². The van der Waals surface area contributed by atoms with Crippen molar-refractivity contribution in [2.24, 2.45) is 5.92 Å². The zero-order valence-corrected chi connectivity index (χ0v) is 19.1. The summed E-state index contributed by atoms with van der Waals surface area (Å²) in [6.07, 6.45) is 1.60. The van der Waals surface area contributed by atoms with Crippen molar-refractivity contribution in [2.45, 2.75) is 19.4 Å². The maximum atomic E-state index is 12.6. The molecule has 9 heteroatoms. The maximum Gasteiger partial charge on any atom is 0.231 e. The van der Waals surface area contributed by atoms with Gasteiger partial charge in [-0.15, -0.1) is 21.5 Å². The van der Waals surface area contributed by atoms with Crippen molar-refractivity contribution in [3.8, 4) is 22.1 Å². The number of hydrogen-bond donors (Lipinski definition) is 1. The van der Waals surface area contributed by atoms with Gasteiger partial charge in [0.1, 0.15) is 5.69 Å². The molecule has 5 rings (SSSR count). The van der Waals surface area contributed by atoms with E-state index in [4.69, 9.17) is 9.47 Å². The van der Waals surface area contributed by atoms with Crippen molar-refractivity contribution >= 4 is 39.0 Å². The number of thiophene rings is 1. The van der Waals surface area contributed by atoms with Crippen LogP contribution in [0.5, 0.6) is 11.5 Å². The van der Waals surface area contributed by atoms with Gasteiger partial charge in [0.15, 0.2) is 17.3 Å². The third-order valence-corrected chi connectivity index (χ3v) is 7.22. The zero-order valence-electron chi connectivity index (χ0n) is 16.7. The molecule has 0 aliphatic carbocycles. The van der Waals surface area contributed by atoms with Gasteiger partial charge in [-0.3, -0.25) is 4.79 Å². The Morgan fingerprint density at radius 3 is 2.68 bits per heavy atom. The highest BCUT2D eigenvalue weighted by Gasteiger charge is 2.26. The van der Waals surface area contributed by atoms with E-state index in [-0.39, 0.29) is 18.6 Å². The van der Waals surface area contributed by atoms with E-state index in [0.29, 0.717) is 6.54 Å². The Balaban J connectivity index is 1.12.